The van der Waals surface area contributed by atoms with Gasteiger partial charge in [-0.25, -0.2) is 4.79 Å². The highest BCUT2D eigenvalue weighted by molar-refractivity contribution is 5.84. The molecule has 0 radical (unpaired) electrons. The SMILES string of the molecule is N[C@H](C(=O)O)[C@H](OCc1ccoc1)C(=O)O. The van der Waals surface area contributed by atoms with Crippen LogP contribution in [-0.2, 0) is 20.9 Å². The summed E-state index contributed by atoms with van der Waals surface area (Å²) >= 11 is 0. The molecule has 0 aliphatic rings. The van der Waals surface area contributed by atoms with Gasteiger partial charge in [0.2, 0.25) is 0 Å². The molecule has 0 amide bonds. The Morgan fingerprint density at radius 2 is 2.12 bits per heavy atom. The molecule has 1 heterocycles. The van der Waals surface area contributed by atoms with Gasteiger partial charge >= 0.3 is 11.9 Å². The second kappa shape index (κ2) is 5.29. The fourth-order valence-electron chi connectivity index (χ4n) is 1.02. The quantitative estimate of drug-likeness (QED) is 0.609. The lowest BCUT2D eigenvalue weighted by atomic mass is 10.2. The van der Waals surface area contributed by atoms with Crippen molar-refractivity contribution in [3.8, 4) is 0 Å². The number of carbonyl (C=O) groups is 2. The Labute approximate surface area is 90.4 Å². The van der Waals surface area contributed by atoms with Crippen LogP contribution in [0.5, 0.6) is 0 Å². The number of ether oxygens (including phenoxy) is 1. The highest BCUT2D eigenvalue weighted by atomic mass is 16.5. The first-order valence-electron chi connectivity index (χ1n) is 4.36. The Morgan fingerprint density at radius 3 is 2.56 bits per heavy atom. The zero-order valence-corrected chi connectivity index (χ0v) is 8.20. The Balaban J connectivity index is 2.58. The van der Waals surface area contributed by atoms with E-state index in [2.05, 4.69) is 0 Å². The lowest BCUT2D eigenvalue weighted by Gasteiger charge is -2.16. The maximum absolute atomic E-state index is 10.7. The van der Waals surface area contributed by atoms with Crippen LogP contribution in [0.3, 0.4) is 0 Å². The van der Waals surface area contributed by atoms with Crippen molar-refractivity contribution in [2.24, 2.45) is 5.73 Å². The van der Waals surface area contributed by atoms with Crippen molar-refractivity contribution < 1.29 is 29.0 Å². The highest BCUT2D eigenvalue weighted by Crippen LogP contribution is 2.06. The summed E-state index contributed by atoms with van der Waals surface area (Å²) in [4.78, 5) is 21.2. The smallest absolute Gasteiger partial charge is 0.335 e. The van der Waals surface area contributed by atoms with Crippen molar-refractivity contribution in [2.45, 2.75) is 18.8 Å². The zero-order valence-electron chi connectivity index (χ0n) is 8.20. The number of carboxylic acid groups (broad SMARTS) is 2. The van der Waals surface area contributed by atoms with Gasteiger partial charge in [-0.15, -0.1) is 0 Å². The topological polar surface area (TPSA) is 123 Å². The molecule has 0 saturated carbocycles. The predicted molar refractivity (Wildman–Crippen MR) is 50.5 cm³/mol. The molecular weight excluding hydrogens is 218 g/mol. The molecule has 0 spiro atoms. The van der Waals surface area contributed by atoms with Crippen LogP contribution in [0.2, 0.25) is 0 Å². The zero-order chi connectivity index (χ0) is 12.1. The van der Waals surface area contributed by atoms with Gasteiger partial charge in [0.1, 0.15) is 6.04 Å². The van der Waals surface area contributed by atoms with E-state index in [1.165, 1.54) is 12.5 Å². The van der Waals surface area contributed by atoms with Gasteiger partial charge in [-0.2, -0.15) is 0 Å². The first-order valence-corrected chi connectivity index (χ1v) is 4.36. The molecule has 0 aliphatic heterocycles. The summed E-state index contributed by atoms with van der Waals surface area (Å²) in [5, 5.41) is 17.3. The van der Waals surface area contributed by atoms with Crippen LogP contribution in [0, 0.1) is 0 Å². The number of carboxylic acids is 2. The minimum Gasteiger partial charge on any atom is -0.480 e. The van der Waals surface area contributed by atoms with E-state index in [1.807, 2.05) is 0 Å². The van der Waals surface area contributed by atoms with Crippen LogP contribution in [0.15, 0.2) is 23.0 Å². The van der Waals surface area contributed by atoms with Gasteiger partial charge in [0, 0.05) is 5.56 Å². The normalized spacial score (nSPS) is 14.3. The molecular formula is C9H11NO6. The fourth-order valence-corrected chi connectivity index (χ4v) is 1.02. The van der Waals surface area contributed by atoms with Gasteiger partial charge < -0.3 is 25.1 Å². The molecule has 0 saturated heterocycles. The summed E-state index contributed by atoms with van der Waals surface area (Å²) in [6, 6.07) is -0.0324. The Kier molecular flexibility index (Phi) is 4.03. The first-order chi connectivity index (χ1) is 7.52. The predicted octanol–water partition coefficient (Wildman–Crippen LogP) is -0.339. The molecule has 4 N–H and O–H groups in total. The van der Waals surface area contributed by atoms with Gasteiger partial charge in [0.05, 0.1) is 19.1 Å². The molecule has 0 aromatic carbocycles. The molecule has 88 valence electrons. The Hall–Kier alpha value is -1.86. The minimum atomic E-state index is -1.61. The van der Waals surface area contributed by atoms with Crippen LogP contribution >= 0.6 is 0 Å². The van der Waals surface area contributed by atoms with E-state index in [9.17, 15) is 9.59 Å². The monoisotopic (exact) mass is 229 g/mol. The first kappa shape index (κ1) is 12.2. The molecule has 1 aromatic rings. The van der Waals surface area contributed by atoms with E-state index in [1.54, 1.807) is 6.07 Å². The van der Waals surface area contributed by atoms with Gasteiger partial charge in [-0.3, -0.25) is 4.79 Å². The summed E-state index contributed by atoms with van der Waals surface area (Å²) < 4.78 is 9.65. The summed E-state index contributed by atoms with van der Waals surface area (Å²) in [5.41, 5.74) is 5.77. The van der Waals surface area contributed by atoms with Crippen molar-refractivity contribution in [3.63, 3.8) is 0 Å². The van der Waals surface area contributed by atoms with Gasteiger partial charge in [-0.1, -0.05) is 0 Å². The van der Waals surface area contributed by atoms with E-state index >= 15 is 0 Å². The maximum atomic E-state index is 10.7. The summed E-state index contributed by atoms with van der Waals surface area (Å²) in [5.74, 6) is -2.85. The van der Waals surface area contributed by atoms with Gasteiger partial charge in [0.15, 0.2) is 6.10 Å². The molecule has 0 unspecified atom stereocenters. The molecule has 1 aromatic heterocycles. The van der Waals surface area contributed by atoms with E-state index in [4.69, 9.17) is 25.1 Å². The van der Waals surface area contributed by atoms with Gasteiger partial charge in [-0.05, 0) is 6.07 Å². The van der Waals surface area contributed by atoms with Crippen LogP contribution in [0.1, 0.15) is 5.56 Å². The third kappa shape index (κ3) is 3.07. The molecule has 16 heavy (non-hydrogen) atoms. The standard InChI is InChI=1S/C9H11NO6/c10-6(8(11)12)7(9(13)14)16-4-5-1-2-15-3-5/h1-3,6-7H,4,10H2,(H,11,12)(H,13,14)/t6-,7-/m0/s1. The lowest BCUT2D eigenvalue weighted by Crippen LogP contribution is -2.47. The molecule has 0 aliphatic carbocycles. The number of aliphatic carboxylic acids is 2. The van der Waals surface area contributed by atoms with Crippen molar-refractivity contribution in [3.05, 3.63) is 24.2 Å². The molecule has 2 atom stereocenters. The van der Waals surface area contributed by atoms with Crippen molar-refractivity contribution >= 4 is 11.9 Å². The molecule has 1 rings (SSSR count). The summed E-state index contributed by atoms with van der Waals surface area (Å²) in [7, 11) is 0. The lowest BCUT2D eigenvalue weighted by molar-refractivity contribution is -0.159. The van der Waals surface area contributed by atoms with E-state index in [0.29, 0.717) is 5.56 Å². The number of nitrogens with two attached hydrogens (primary N) is 1. The fraction of sp³-hybridized carbons (Fsp3) is 0.333. The summed E-state index contributed by atoms with van der Waals surface area (Å²) in [6.45, 7) is -0.0750. The molecule has 0 bridgehead atoms. The number of rotatable bonds is 6. The van der Waals surface area contributed by atoms with E-state index in [-0.39, 0.29) is 6.61 Å². The van der Waals surface area contributed by atoms with Crippen molar-refractivity contribution in [1.82, 2.24) is 0 Å². The number of hydrogen-bond acceptors (Lipinski definition) is 5. The van der Waals surface area contributed by atoms with Gasteiger partial charge in [0.25, 0.3) is 0 Å². The maximum Gasteiger partial charge on any atom is 0.335 e. The molecule has 7 heteroatoms. The van der Waals surface area contributed by atoms with Crippen molar-refractivity contribution in [1.29, 1.82) is 0 Å². The molecule has 0 fully saturated rings. The number of hydrogen-bond donors (Lipinski definition) is 3. The largest absolute Gasteiger partial charge is 0.480 e. The van der Waals surface area contributed by atoms with Crippen molar-refractivity contribution in [2.75, 3.05) is 0 Å². The average Bonchev–Trinajstić information content (AvgIpc) is 2.69. The van der Waals surface area contributed by atoms with Crippen LogP contribution in [0.4, 0.5) is 0 Å². The highest BCUT2D eigenvalue weighted by Gasteiger charge is 2.31. The Bertz CT molecular complexity index is 360. The molecule has 7 nitrogen and oxygen atoms in total. The van der Waals surface area contributed by atoms with Crippen LogP contribution < -0.4 is 5.73 Å². The second-order valence-corrected chi connectivity index (χ2v) is 3.07. The average molecular weight is 229 g/mol. The second-order valence-electron chi connectivity index (χ2n) is 3.07. The van der Waals surface area contributed by atoms with Crippen LogP contribution in [-0.4, -0.2) is 34.3 Å². The van der Waals surface area contributed by atoms with Crippen LogP contribution in [0.25, 0.3) is 0 Å². The third-order valence-electron chi connectivity index (χ3n) is 1.86. The Morgan fingerprint density at radius 1 is 1.44 bits per heavy atom. The van der Waals surface area contributed by atoms with E-state index in [0.717, 1.165) is 0 Å². The number of furan rings is 1. The third-order valence-corrected chi connectivity index (χ3v) is 1.86. The minimum absolute atomic E-state index is 0.0750. The summed E-state index contributed by atoms with van der Waals surface area (Å²) in [6.07, 6.45) is 1.17. The van der Waals surface area contributed by atoms with E-state index < -0.39 is 24.1 Å².